The molecule has 0 radical (unpaired) electrons. The van der Waals surface area contributed by atoms with Crippen molar-refractivity contribution >= 4 is 23.4 Å². The Balaban J connectivity index is 2.29. The molecule has 0 aliphatic carbocycles. The molecule has 1 saturated heterocycles. The van der Waals surface area contributed by atoms with Crippen molar-refractivity contribution in [1.29, 1.82) is 0 Å². The van der Waals surface area contributed by atoms with Gasteiger partial charge in [0, 0.05) is 17.3 Å². The topological polar surface area (TPSA) is 12.0 Å². The van der Waals surface area contributed by atoms with E-state index in [4.69, 9.17) is 11.6 Å². The molecule has 1 nitrogen and oxygen atoms in total. The molecule has 2 rings (SSSR count). The summed E-state index contributed by atoms with van der Waals surface area (Å²) >= 11 is 8.08. The summed E-state index contributed by atoms with van der Waals surface area (Å²) < 4.78 is 0. The lowest BCUT2D eigenvalue weighted by Gasteiger charge is -2.11. The quantitative estimate of drug-likeness (QED) is 0.770. The first kappa shape index (κ1) is 9.38. The fraction of sp³-hybridized carbons (Fsp3) is 0.400. The van der Waals surface area contributed by atoms with Gasteiger partial charge in [-0.05, 0) is 24.1 Å². The first-order valence-corrected chi connectivity index (χ1v) is 5.81. The second-order valence-electron chi connectivity index (χ2n) is 3.23. The molecule has 1 aliphatic rings. The van der Waals surface area contributed by atoms with Crippen molar-refractivity contribution < 1.29 is 0 Å². The summed E-state index contributed by atoms with van der Waals surface area (Å²) in [6, 6.07) is 6.26. The molecule has 1 atom stereocenters. The van der Waals surface area contributed by atoms with Crippen molar-refractivity contribution in [3.05, 3.63) is 34.3 Å². The minimum atomic E-state index is 0.396. The normalized spacial score (nSPS) is 22.2. The molecule has 1 heterocycles. The third-order valence-corrected chi connectivity index (χ3v) is 3.68. The molecule has 1 aromatic rings. The predicted octanol–water partition coefficient (Wildman–Crippen LogP) is 2.98. The number of benzene rings is 1. The highest BCUT2D eigenvalue weighted by molar-refractivity contribution is 7.99. The molecule has 13 heavy (non-hydrogen) atoms. The summed E-state index contributed by atoms with van der Waals surface area (Å²) in [7, 11) is 0. The molecular formula is C10H12ClNS. The van der Waals surface area contributed by atoms with Crippen LogP contribution in [0.15, 0.2) is 18.2 Å². The van der Waals surface area contributed by atoms with Crippen LogP contribution in [0.2, 0.25) is 5.02 Å². The van der Waals surface area contributed by atoms with Gasteiger partial charge < -0.3 is 5.32 Å². The van der Waals surface area contributed by atoms with Crippen molar-refractivity contribution in [2.24, 2.45) is 0 Å². The molecule has 3 heteroatoms. The number of rotatable bonds is 1. The summed E-state index contributed by atoms with van der Waals surface area (Å²) in [4.78, 5) is 0. The number of hydrogen-bond acceptors (Lipinski definition) is 2. The van der Waals surface area contributed by atoms with E-state index < -0.39 is 0 Å². The van der Waals surface area contributed by atoms with Gasteiger partial charge in [-0.25, -0.2) is 0 Å². The molecule has 0 spiro atoms. The Morgan fingerprint density at radius 2 is 2.38 bits per heavy atom. The zero-order valence-electron chi connectivity index (χ0n) is 7.51. The minimum Gasteiger partial charge on any atom is -0.301 e. The Bertz CT molecular complexity index is 308. The third kappa shape index (κ3) is 2.01. The van der Waals surface area contributed by atoms with Gasteiger partial charge in [0.15, 0.2) is 0 Å². The van der Waals surface area contributed by atoms with Crippen LogP contribution in [0.3, 0.4) is 0 Å². The van der Waals surface area contributed by atoms with Crippen LogP contribution in [0.25, 0.3) is 0 Å². The van der Waals surface area contributed by atoms with Gasteiger partial charge in [0.1, 0.15) is 0 Å². The van der Waals surface area contributed by atoms with Crippen molar-refractivity contribution in [1.82, 2.24) is 5.32 Å². The predicted molar refractivity (Wildman–Crippen MR) is 59.4 cm³/mol. The molecule has 70 valence electrons. The van der Waals surface area contributed by atoms with Gasteiger partial charge in [-0.15, -0.1) is 11.8 Å². The van der Waals surface area contributed by atoms with E-state index in [0.29, 0.717) is 5.37 Å². The second kappa shape index (κ2) is 3.91. The Kier molecular flexibility index (Phi) is 2.82. The van der Waals surface area contributed by atoms with Gasteiger partial charge in [0.25, 0.3) is 0 Å². The van der Waals surface area contributed by atoms with Crippen LogP contribution in [0.1, 0.15) is 16.5 Å². The summed E-state index contributed by atoms with van der Waals surface area (Å²) in [5.74, 6) is 1.18. The average molecular weight is 214 g/mol. The fourth-order valence-corrected chi connectivity index (χ4v) is 2.97. The summed E-state index contributed by atoms with van der Waals surface area (Å²) in [5, 5.41) is 4.69. The number of nitrogens with one attached hydrogen (secondary N) is 1. The maximum atomic E-state index is 6.16. The molecule has 0 amide bonds. The van der Waals surface area contributed by atoms with E-state index in [1.165, 1.54) is 16.9 Å². The van der Waals surface area contributed by atoms with Gasteiger partial charge in [-0.3, -0.25) is 0 Å². The lowest BCUT2D eigenvalue weighted by Crippen LogP contribution is -2.12. The Hall–Kier alpha value is -0.180. The molecule has 0 saturated carbocycles. The summed E-state index contributed by atoms with van der Waals surface area (Å²) in [6.45, 7) is 3.14. The largest absolute Gasteiger partial charge is 0.301 e. The molecule has 1 aromatic carbocycles. The number of thioether (sulfide) groups is 1. The molecule has 0 bridgehead atoms. The van der Waals surface area contributed by atoms with E-state index in [-0.39, 0.29) is 0 Å². The van der Waals surface area contributed by atoms with Gasteiger partial charge in [-0.2, -0.15) is 0 Å². The van der Waals surface area contributed by atoms with E-state index in [9.17, 15) is 0 Å². The standard InChI is InChI=1S/C10H12ClNS/c1-7-2-3-8(9(11)6-7)10-12-4-5-13-10/h2-3,6,10,12H,4-5H2,1H3/t10-/m1/s1. The van der Waals surface area contributed by atoms with E-state index in [1.54, 1.807) is 0 Å². The second-order valence-corrected chi connectivity index (χ2v) is 4.85. The Labute approximate surface area is 87.9 Å². The van der Waals surface area contributed by atoms with Crippen LogP contribution in [0, 0.1) is 6.92 Å². The number of aryl methyl sites for hydroxylation is 1. The Morgan fingerprint density at radius 3 is 3.00 bits per heavy atom. The number of hydrogen-bond donors (Lipinski definition) is 1. The van der Waals surface area contributed by atoms with Crippen molar-refractivity contribution in [2.45, 2.75) is 12.3 Å². The van der Waals surface area contributed by atoms with Crippen LogP contribution in [0.5, 0.6) is 0 Å². The molecule has 0 aromatic heterocycles. The highest BCUT2D eigenvalue weighted by Crippen LogP contribution is 2.34. The maximum absolute atomic E-state index is 6.16. The molecule has 1 N–H and O–H groups in total. The lowest BCUT2D eigenvalue weighted by atomic mass is 10.1. The van der Waals surface area contributed by atoms with E-state index in [1.807, 2.05) is 17.8 Å². The average Bonchev–Trinajstić information content (AvgIpc) is 2.56. The Morgan fingerprint density at radius 1 is 1.54 bits per heavy atom. The minimum absolute atomic E-state index is 0.396. The summed E-state index contributed by atoms with van der Waals surface area (Å²) in [5.41, 5.74) is 2.44. The van der Waals surface area contributed by atoms with E-state index in [0.717, 1.165) is 11.6 Å². The third-order valence-electron chi connectivity index (χ3n) is 2.15. The molecule has 1 aliphatic heterocycles. The van der Waals surface area contributed by atoms with Gasteiger partial charge in [-0.1, -0.05) is 23.7 Å². The van der Waals surface area contributed by atoms with Gasteiger partial charge in [0.05, 0.1) is 5.37 Å². The van der Waals surface area contributed by atoms with Crippen molar-refractivity contribution in [2.75, 3.05) is 12.3 Å². The van der Waals surface area contributed by atoms with Crippen LogP contribution >= 0.6 is 23.4 Å². The van der Waals surface area contributed by atoms with Crippen LogP contribution in [0.4, 0.5) is 0 Å². The van der Waals surface area contributed by atoms with Crippen molar-refractivity contribution in [3.63, 3.8) is 0 Å². The van der Waals surface area contributed by atoms with E-state index >= 15 is 0 Å². The van der Waals surface area contributed by atoms with Crippen LogP contribution in [-0.2, 0) is 0 Å². The first-order valence-electron chi connectivity index (χ1n) is 4.38. The highest BCUT2D eigenvalue weighted by atomic mass is 35.5. The number of halogens is 1. The molecular weight excluding hydrogens is 202 g/mol. The lowest BCUT2D eigenvalue weighted by molar-refractivity contribution is 0.751. The van der Waals surface area contributed by atoms with Crippen LogP contribution < -0.4 is 5.32 Å². The monoisotopic (exact) mass is 213 g/mol. The van der Waals surface area contributed by atoms with Gasteiger partial charge >= 0.3 is 0 Å². The van der Waals surface area contributed by atoms with E-state index in [2.05, 4.69) is 24.4 Å². The zero-order chi connectivity index (χ0) is 9.26. The molecule has 0 unspecified atom stereocenters. The molecule has 1 fully saturated rings. The maximum Gasteiger partial charge on any atom is 0.0804 e. The summed E-state index contributed by atoms with van der Waals surface area (Å²) in [6.07, 6.45) is 0. The first-order chi connectivity index (χ1) is 6.27. The van der Waals surface area contributed by atoms with Crippen molar-refractivity contribution in [3.8, 4) is 0 Å². The zero-order valence-corrected chi connectivity index (χ0v) is 9.08. The van der Waals surface area contributed by atoms with Gasteiger partial charge in [0.2, 0.25) is 0 Å². The highest BCUT2D eigenvalue weighted by Gasteiger charge is 2.18. The SMILES string of the molecule is Cc1ccc([C@@H]2NCCS2)c(Cl)c1. The fourth-order valence-electron chi connectivity index (χ4n) is 1.47. The van der Waals surface area contributed by atoms with Crippen LogP contribution in [-0.4, -0.2) is 12.3 Å². The smallest absolute Gasteiger partial charge is 0.0804 e.